The topological polar surface area (TPSA) is 130 Å². The molecular formula is C16H19N5O4. The zero-order valence-corrected chi connectivity index (χ0v) is 14.1. The Morgan fingerprint density at radius 3 is 2.60 bits per heavy atom. The van der Waals surface area contributed by atoms with Gasteiger partial charge in [0.15, 0.2) is 0 Å². The fraction of sp³-hybridized carbons (Fsp3) is 0.438. The molecule has 1 aliphatic carbocycles. The summed E-state index contributed by atoms with van der Waals surface area (Å²) < 4.78 is 0. The average Bonchev–Trinajstić information content (AvgIpc) is 2.92. The van der Waals surface area contributed by atoms with Crippen LogP contribution in [-0.2, 0) is 16.1 Å². The third-order valence-corrected chi connectivity index (χ3v) is 4.62. The van der Waals surface area contributed by atoms with Crippen LogP contribution in [0.3, 0.4) is 0 Å². The molecule has 1 aromatic heterocycles. The van der Waals surface area contributed by atoms with E-state index in [1.165, 1.54) is 16.9 Å². The van der Waals surface area contributed by atoms with Gasteiger partial charge in [0.2, 0.25) is 11.7 Å². The van der Waals surface area contributed by atoms with Crippen molar-refractivity contribution < 1.29 is 19.8 Å². The van der Waals surface area contributed by atoms with Gasteiger partial charge in [0.05, 0.1) is 24.1 Å². The van der Waals surface area contributed by atoms with Crippen molar-refractivity contribution in [1.29, 1.82) is 0 Å². The summed E-state index contributed by atoms with van der Waals surface area (Å²) in [6.45, 7) is 5.92. The number of aromatic hydroxyl groups is 1. The highest BCUT2D eigenvalue weighted by Crippen LogP contribution is 2.58. The first kappa shape index (κ1) is 16.9. The number of amides is 1. The summed E-state index contributed by atoms with van der Waals surface area (Å²) in [7, 11) is 0. The molecule has 2 atom stereocenters. The van der Waals surface area contributed by atoms with Gasteiger partial charge in [-0.25, -0.2) is 0 Å². The third kappa shape index (κ3) is 2.92. The van der Waals surface area contributed by atoms with Crippen LogP contribution in [0, 0.1) is 17.3 Å². The van der Waals surface area contributed by atoms with E-state index in [9.17, 15) is 19.8 Å². The van der Waals surface area contributed by atoms with E-state index in [2.05, 4.69) is 20.7 Å². The molecule has 132 valence electrons. The van der Waals surface area contributed by atoms with Crippen molar-refractivity contribution in [3.05, 3.63) is 18.2 Å². The maximum Gasteiger partial charge on any atom is 0.307 e. The zero-order valence-electron chi connectivity index (χ0n) is 14.1. The highest BCUT2D eigenvalue weighted by Gasteiger charge is 2.65. The van der Waals surface area contributed by atoms with E-state index in [1.807, 2.05) is 6.92 Å². The maximum absolute atomic E-state index is 12.4. The Morgan fingerprint density at radius 1 is 1.32 bits per heavy atom. The summed E-state index contributed by atoms with van der Waals surface area (Å²) in [6, 6.07) is 4.57. The second-order valence-corrected chi connectivity index (χ2v) is 6.64. The van der Waals surface area contributed by atoms with E-state index < -0.39 is 29.1 Å². The smallest absolute Gasteiger partial charge is 0.307 e. The predicted molar refractivity (Wildman–Crippen MR) is 87.6 cm³/mol. The molecule has 1 fully saturated rings. The Labute approximate surface area is 143 Å². The number of carbonyl (C=O) groups excluding carboxylic acids is 1. The van der Waals surface area contributed by atoms with Gasteiger partial charge in [-0.15, -0.1) is 10.2 Å². The van der Waals surface area contributed by atoms with E-state index in [0.29, 0.717) is 17.9 Å². The van der Waals surface area contributed by atoms with E-state index in [0.717, 1.165) is 0 Å². The minimum absolute atomic E-state index is 0.120. The summed E-state index contributed by atoms with van der Waals surface area (Å²) >= 11 is 0. The van der Waals surface area contributed by atoms with E-state index in [-0.39, 0.29) is 11.4 Å². The van der Waals surface area contributed by atoms with Gasteiger partial charge in [0.25, 0.3) is 0 Å². The van der Waals surface area contributed by atoms with Crippen LogP contribution in [0.2, 0.25) is 0 Å². The Balaban J connectivity index is 1.82. The lowest BCUT2D eigenvalue weighted by atomic mass is 10.1. The van der Waals surface area contributed by atoms with Crippen LogP contribution in [0.4, 0.5) is 5.69 Å². The number of phenols is 1. The SMILES string of the molecule is CCn1nnc(-c2ccc(O)c(NC(=O)C3C(C(=O)O)C3(C)C)c2)n1. The van der Waals surface area contributed by atoms with Crippen LogP contribution < -0.4 is 5.32 Å². The molecule has 1 saturated carbocycles. The number of rotatable bonds is 5. The van der Waals surface area contributed by atoms with Crippen molar-refractivity contribution in [3.8, 4) is 17.1 Å². The van der Waals surface area contributed by atoms with Crippen molar-refractivity contribution in [1.82, 2.24) is 20.2 Å². The first-order chi connectivity index (χ1) is 11.8. The Hall–Kier alpha value is -2.97. The summed E-state index contributed by atoms with van der Waals surface area (Å²) in [4.78, 5) is 25.1. The van der Waals surface area contributed by atoms with E-state index in [1.54, 1.807) is 19.9 Å². The van der Waals surface area contributed by atoms with Crippen LogP contribution in [0.25, 0.3) is 11.4 Å². The Bertz CT molecular complexity index is 845. The monoisotopic (exact) mass is 345 g/mol. The Morgan fingerprint density at radius 2 is 2.04 bits per heavy atom. The first-order valence-electron chi connectivity index (χ1n) is 7.90. The number of carboxylic acids is 1. The highest BCUT2D eigenvalue weighted by molar-refractivity contribution is 6.00. The molecule has 0 bridgehead atoms. The zero-order chi connectivity index (χ0) is 18.4. The second-order valence-electron chi connectivity index (χ2n) is 6.64. The lowest BCUT2D eigenvalue weighted by Crippen LogP contribution is -2.17. The number of aryl methyl sites for hydroxylation is 1. The number of nitrogens with zero attached hydrogens (tertiary/aromatic N) is 4. The molecule has 9 nitrogen and oxygen atoms in total. The molecule has 3 N–H and O–H groups in total. The van der Waals surface area contributed by atoms with Gasteiger partial charge >= 0.3 is 5.97 Å². The molecule has 25 heavy (non-hydrogen) atoms. The van der Waals surface area contributed by atoms with Gasteiger partial charge in [-0.05, 0) is 35.8 Å². The van der Waals surface area contributed by atoms with Crippen molar-refractivity contribution in [2.24, 2.45) is 17.3 Å². The van der Waals surface area contributed by atoms with Crippen LogP contribution in [0.5, 0.6) is 5.75 Å². The van der Waals surface area contributed by atoms with Gasteiger partial charge in [-0.3, -0.25) is 9.59 Å². The van der Waals surface area contributed by atoms with Gasteiger partial charge in [0.1, 0.15) is 5.75 Å². The molecule has 3 rings (SSSR count). The standard InChI is InChI=1S/C16H19N5O4/c1-4-21-19-13(18-20-21)8-5-6-10(22)9(7-8)17-14(23)11-12(15(24)25)16(11,2)3/h5-7,11-12,22H,4H2,1-3H3,(H,17,23)(H,24,25). The summed E-state index contributed by atoms with van der Waals surface area (Å²) in [5.41, 5.74) is 0.147. The first-order valence-corrected chi connectivity index (χ1v) is 7.90. The largest absolute Gasteiger partial charge is 0.506 e. The molecule has 0 spiro atoms. The molecule has 1 heterocycles. The number of carbonyl (C=O) groups is 2. The van der Waals surface area contributed by atoms with Gasteiger partial charge in [-0.1, -0.05) is 13.8 Å². The average molecular weight is 345 g/mol. The number of nitrogens with one attached hydrogen (secondary N) is 1. The number of tetrazole rings is 1. The normalized spacial score (nSPS) is 20.9. The minimum atomic E-state index is -0.997. The number of benzene rings is 1. The number of hydrogen-bond donors (Lipinski definition) is 3. The number of aromatic nitrogens is 4. The van der Waals surface area contributed by atoms with Gasteiger partial charge < -0.3 is 15.5 Å². The number of phenolic OH excluding ortho intramolecular Hbond substituents is 1. The highest BCUT2D eigenvalue weighted by atomic mass is 16.4. The fourth-order valence-electron chi connectivity index (χ4n) is 3.07. The molecule has 2 unspecified atom stereocenters. The Kier molecular flexibility index (Phi) is 3.94. The van der Waals surface area contributed by atoms with Gasteiger partial charge in [-0.2, -0.15) is 4.80 Å². The van der Waals surface area contributed by atoms with Crippen molar-refractivity contribution in [2.45, 2.75) is 27.3 Å². The van der Waals surface area contributed by atoms with Crippen LogP contribution >= 0.6 is 0 Å². The van der Waals surface area contributed by atoms with Crippen LogP contribution in [0.1, 0.15) is 20.8 Å². The van der Waals surface area contributed by atoms with Crippen molar-refractivity contribution in [3.63, 3.8) is 0 Å². The van der Waals surface area contributed by atoms with E-state index in [4.69, 9.17) is 0 Å². The third-order valence-electron chi connectivity index (χ3n) is 4.62. The fourth-order valence-corrected chi connectivity index (χ4v) is 3.07. The predicted octanol–water partition coefficient (Wildman–Crippen LogP) is 1.36. The van der Waals surface area contributed by atoms with Crippen molar-refractivity contribution in [2.75, 3.05) is 5.32 Å². The second kappa shape index (κ2) is 5.83. The maximum atomic E-state index is 12.4. The molecule has 0 radical (unpaired) electrons. The number of aliphatic carboxylic acids is 1. The number of anilines is 1. The quantitative estimate of drug-likeness (QED) is 0.697. The van der Waals surface area contributed by atoms with Crippen molar-refractivity contribution >= 4 is 17.6 Å². The minimum Gasteiger partial charge on any atom is -0.506 e. The van der Waals surface area contributed by atoms with E-state index >= 15 is 0 Å². The summed E-state index contributed by atoms with van der Waals surface area (Å²) in [5, 5.41) is 33.8. The van der Waals surface area contributed by atoms with Crippen LogP contribution in [-0.4, -0.2) is 42.3 Å². The number of hydrogen-bond acceptors (Lipinski definition) is 6. The molecule has 1 amide bonds. The molecule has 0 aliphatic heterocycles. The molecule has 1 aromatic carbocycles. The summed E-state index contributed by atoms with van der Waals surface area (Å²) in [5.74, 6) is -2.56. The molecule has 0 saturated heterocycles. The molecule has 1 aliphatic rings. The lowest BCUT2D eigenvalue weighted by Gasteiger charge is -2.09. The van der Waals surface area contributed by atoms with Crippen LogP contribution in [0.15, 0.2) is 18.2 Å². The number of carboxylic acid groups (broad SMARTS) is 1. The van der Waals surface area contributed by atoms with Gasteiger partial charge in [0, 0.05) is 5.56 Å². The molecule has 2 aromatic rings. The molecular weight excluding hydrogens is 326 g/mol. The molecule has 9 heteroatoms. The lowest BCUT2D eigenvalue weighted by molar-refractivity contribution is -0.140. The summed E-state index contributed by atoms with van der Waals surface area (Å²) in [6.07, 6.45) is 0.